The lowest BCUT2D eigenvalue weighted by atomic mass is 10.0. The summed E-state index contributed by atoms with van der Waals surface area (Å²) in [4.78, 5) is 59.2. The van der Waals surface area contributed by atoms with Gasteiger partial charge in [0.2, 0.25) is 16.4 Å². The number of nitrogen functional groups attached to an aromatic ring is 1. The number of aromatic nitrogens is 4. The minimum Gasteiger partial charge on any atom is -0.477 e. The van der Waals surface area contributed by atoms with Crippen molar-refractivity contribution in [2.24, 2.45) is 5.16 Å². The number of carbonyl (C=O) groups excluding carboxylic acids is 3. The summed E-state index contributed by atoms with van der Waals surface area (Å²) in [5.74, 6) is -2.76. The number of imidazole rings is 1. The molecule has 0 saturated carbocycles. The number of hydrogen-bond donors (Lipinski definition) is 3. The van der Waals surface area contributed by atoms with Crippen LogP contribution in [0.25, 0.3) is 4.83 Å². The van der Waals surface area contributed by atoms with Crippen molar-refractivity contribution in [3.8, 4) is 0 Å². The van der Waals surface area contributed by atoms with Gasteiger partial charge in [0, 0.05) is 28.2 Å². The van der Waals surface area contributed by atoms with E-state index in [1.54, 1.807) is 26.9 Å². The average molecular weight is 568 g/mol. The predicted molar refractivity (Wildman–Crippen MR) is 128 cm³/mol. The summed E-state index contributed by atoms with van der Waals surface area (Å²) >= 11 is 3.43. The van der Waals surface area contributed by atoms with E-state index in [9.17, 15) is 28.7 Å². The molecule has 37 heavy (non-hydrogen) atoms. The molecule has 0 unspecified atom stereocenters. The van der Waals surface area contributed by atoms with Crippen LogP contribution in [0, 0.1) is 0 Å². The van der Waals surface area contributed by atoms with E-state index in [0.29, 0.717) is 11.3 Å². The largest absolute Gasteiger partial charge is 0.477 e. The highest BCUT2D eigenvalue weighted by Crippen LogP contribution is 2.40. The Morgan fingerprint density at radius 2 is 2.27 bits per heavy atom. The molecule has 1 fully saturated rings. The van der Waals surface area contributed by atoms with E-state index in [0.717, 1.165) is 27.5 Å². The van der Waals surface area contributed by atoms with Gasteiger partial charge in [0.1, 0.15) is 29.9 Å². The zero-order chi connectivity index (χ0) is 26.3. The Balaban J connectivity index is 1.35. The van der Waals surface area contributed by atoms with Crippen molar-refractivity contribution < 1.29 is 38.1 Å². The third-order valence-electron chi connectivity index (χ3n) is 5.46. The van der Waals surface area contributed by atoms with Gasteiger partial charge in [-0.3, -0.25) is 19.3 Å². The second kappa shape index (κ2) is 9.87. The fraction of sp³-hybridized carbons (Fsp3) is 0.263. The molecule has 5 rings (SSSR count). The van der Waals surface area contributed by atoms with Crippen molar-refractivity contribution in [3.63, 3.8) is 0 Å². The van der Waals surface area contributed by atoms with E-state index in [-0.39, 0.29) is 29.0 Å². The predicted octanol–water partition coefficient (Wildman–Crippen LogP) is -0.379. The number of halogens is 1. The number of nitrogens with one attached hydrogen (secondary N) is 1. The van der Waals surface area contributed by atoms with Gasteiger partial charge in [-0.25, -0.2) is 13.8 Å². The van der Waals surface area contributed by atoms with E-state index in [1.807, 2.05) is 0 Å². The van der Waals surface area contributed by atoms with Crippen molar-refractivity contribution in [2.75, 3.05) is 18.3 Å². The molecule has 192 valence electrons. The molecular weight excluding hydrogens is 551 g/mol. The number of aliphatic carboxylic acids is 1. The van der Waals surface area contributed by atoms with Crippen LogP contribution in [0.5, 0.6) is 0 Å². The van der Waals surface area contributed by atoms with Crippen LogP contribution in [0.1, 0.15) is 16.3 Å². The Hall–Kier alpha value is -3.90. The molecule has 0 aliphatic carbocycles. The maximum atomic E-state index is 13.0. The topological polar surface area (TPSA) is 185 Å². The van der Waals surface area contributed by atoms with Crippen LogP contribution in [-0.2, 0) is 25.8 Å². The summed E-state index contributed by atoms with van der Waals surface area (Å²) in [6, 6.07) is -1.07. The van der Waals surface area contributed by atoms with Crippen molar-refractivity contribution in [1.82, 2.24) is 24.0 Å². The van der Waals surface area contributed by atoms with Gasteiger partial charge in [-0.05, 0) is 0 Å². The van der Waals surface area contributed by atoms with Gasteiger partial charge < -0.3 is 21.0 Å². The van der Waals surface area contributed by atoms with Crippen LogP contribution in [0.4, 0.5) is 9.52 Å². The molecule has 0 radical (unpaired) electrons. The second-order valence-electron chi connectivity index (χ2n) is 7.66. The van der Waals surface area contributed by atoms with Gasteiger partial charge in [0.25, 0.3) is 25.0 Å². The lowest BCUT2D eigenvalue weighted by Crippen LogP contribution is -2.71. The molecule has 0 bridgehead atoms. The molecular formula is C19H16FN8O6S3+. The fourth-order valence-electron chi connectivity index (χ4n) is 3.91. The van der Waals surface area contributed by atoms with E-state index in [4.69, 9.17) is 5.73 Å². The first-order valence-electron chi connectivity index (χ1n) is 10.3. The average Bonchev–Trinajstić information content (AvgIpc) is 3.58. The molecule has 14 nitrogen and oxygen atoms in total. The van der Waals surface area contributed by atoms with Crippen molar-refractivity contribution in [3.05, 3.63) is 40.7 Å². The van der Waals surface area contributed by atoms with Crippen molar-refractivity contribution >= 4 is 74.4 Å². The summed E-state index contributed by atoms with van der Waals surface area (Å²) in [5.41, 5.74) is 5.85. The number of aldehydes is 1. The summed E-state index contributed by atoms with van der Waals surface area (Å²) in [5, 5.41) is 16.8. The summed E-state index contributed by atoms with van der Waals surface area (Å²) in [6.07, 6.45) is 4.18. The number of carboxylic acids is 1. The number of amides is 2. The Labute approximate surface area is 218 Å². The quantitative estimate of drug-likeness (QED) is 0.101. The number of fused-ring (bicyclic) bond motifs is 2. The minimum absolute atomic E-state index is 0.0385. The number of hydrogen-bond acceptors (Lipinski definition) is 12. The lowest BCUT2D eigenvalue weighted by molar-refractivity contribution is -0.687. The van der Waals surface area contributed by atoms with E-state index < -0.39 is 41.8 Å². The maximum Gasteiger partial charge on any atom is 0.352 e. The number of carbonyl (C=O) groups is 4. The standard InChI is InChI=1S/C19H15FN8O6S3/c20-6-34-24-11(14-23-19(21)37-25-14)15(30)22-12-16(31)28-13(18(32)33)8(4-36-17(12)28)1-26-2-10-27(7-26)9(3-29)5-35-10/h2-3,5,7,12,17H,1,4,6H2,(H3-,21,22,23,25,30,32,33)/p+1/b24-11-/t12-,17-/m1/s1. The normalized spacial score (nSPS) is 19.5. The van der Waals surface area contributed by atoms with E-state index >= 15 is 0 Å². The molecule has 3 aromatic heterocycles. The second-order valence-corrected chi connectivity index (χ2v) is 10.4. The van der Waals surface area contributed by atoms with Crippen LogP contribution in [-0.4, -0.2) is 77.6 Å². The van der Waals surface area contributed by atoms with E-state index in [2.05, 4.69) is 24.7 Å². The SMILES string of the molecule is Nc1nc(/C(=N/OCF)C(=O)N[C@@H]2C(=O)N3C(C(=O)O)=C(C[n+]4cc5scc(C=O)n5c4)CS[C@H]23)ns1. The van der Waals surface area contributed by atoms with Gasteiger partial charge in [0.05, 0.1) is 0 Å². The highest BCUT2D eigenvalue weighted by atomic mass is 32.2. The van der Waals surface area contributed by atoms with Crippen LogP contribution < -0.4 is 15.6 Å². The Bertz CT molecular complexity index is 1500. The summed E-state index contributed by atoms with van der Waals surface area (Å²) in [7, 11) is 0. The number of thioether (sulfide) groups is 1. The van der Waals surface area contributed by atoms with Crippen molar-refractivity contribution in [2.45, 2.75) is 18.0 Å². The summed E-state index contributed by atoms with van der Waals surface area (Å²) < 4.78 is 19.8. The van der Waals surface area contributed by atoms with E-state index in [1.165, 1.54) is 23.1 Å². The fourth-order valence-corrected chi connectivity index (χ4v) is 6.55. The monoisotopic (exact) mass is 567 g/mol. The zero-order valence-corrected chi connectivity index (χ0v) is 20.9. The Morgan fingerprint density at radius 3 is 2.95 bits per heavy atom. The van der Waals surface area contributed by atoms with Crippen LogP contribution >= 0.6 is 34.6 Å². The maximum absolute atomic E-state index is 13.0. The minimum atomic E-state index is -1.31. The first kappa shape index (κ1) is 24.8. The number of rotatable bonds is 9. The third-order valence-corrected chi connectivity index (χ3v) is 8.25. The van der Waals surface area contributed by atoms with Crippen LogP contribution in [0.15, 0.2) is 34.3 Å². The number of anilines is 1. The highest BCUT2D eigenvalue weighted by Gasteiger charge is 2.54. The van der Waals surface area contributed by atoms with Crippen LogP contribution in [0.3, 0.4) is 0 Å². The van der Waals surface area contributed by atoms with Gasteiger partial charge in [-0.1, -0.05) is 16.5 Å². The number of nitrogens with zero attached hydrogens (tertiary/aromatic N) is 6. The molecule has 2 aliphatic heterocycles. The molecule has 18 heteroatoms. The third kappa shape index (κ3) is 4.42. The number of alkyl halides is 1. The highest BCUT2D eigenvalue weighted by molar-refractivity contribution is 8.00. The first-order chi connectivity index (χ1) is 17.8. The van der Waals surface area contributed by atoms with Gasteiger partial charge in [-0.15, -0.1) is 11.8 Å². The molecule has 1 saturated heterocycles. The molecule has 2 aliphatic rings. The number of oxime groups is 1. The molecule has 0 aromatic carbocycles. The lowest BCUT2D eigenvalue weighted by Gasteiger charge is -2.49. The van der Waals surface area contributed by atoms with Gasteiger partial charge >= 0.3 is 5.97 Å². The molecule has 4 N–H and O–H groups in total. The Kier molecular flexibility index (Phi) is 6.61. The molecule has 5 heterocycles. The van der Waals surface area contributed by atoms with Crippen molar-refractivity contribution in [1.29, 1.82) is 0 Å². The van der Waals surface area contributed by atoms with Gasteiger partial charge in [-0.2, -0.15) is 13.8 Å². The van der Waals surface area contributed by atoms with Gasteiger partial charge in [0.15, 0.2) is 17.1 Å². The molecule has 2 atom stereocenters. The zero-order valence-electron chi connectivity index (χ0n) is 18.4. The number of thiazole rings is 1. The number of carboxylic acid groups (broad SMARTS) is 1. The number of β-lactam (4-membered cyclic amide) rings is 1. The summed E-state index contributed by atoms with van der Waals surface area (Å²) in [6.45, 7) is -1.13. The number of nitrogens with two attached hydrogens (primary N) is 1. The molecule has 2 amide bonds. The smallest absolute Gasteiger partial charge is 0.352 e. The molecule has 3 aromatic rings. The Morgan fingerprint density at radius 1 is 1.46 bits per heavy atom. The van der Waals surface area contributed by atoms with Crippen LogP contribution in [0.2, 0.25) is 0 Å². The first-order valence-corrected chi connectivity index (χ1v) is 13.0. The molecule has 0 spiro atoms.